The lowest BCUT2D eigenvalue weighted by molar-refractivity contribution is -0.135. The van der Waals surface area contributed by atoms with Gasteiger partial charge in [0.25, 0.3) is 5.91 Å². The molecule has 2 aliphatic rings. The Morgan fingerprint density at radius 3 is 2.48 bits per heavy atom. The van der Waals surface area contributed by atoms with E-state index in [9.17, 15) is 14.4 Å². The van der Waals surface area contributed by atoms with Gasteiger partial charge in [-0.3, -0.25) is 14.5 Å². The van der Waals surface area contributed by atoms with Gasteiger partial charge in [0, 0.05) is 0 Å². The van der Waals surface area contributed by atoms with Crippen LogP contribution in [-0.4, -0.2) is 34.8 Å². The fourth-order valence-electron chi connectivity index (χ4n) is 4.09. The zero-order chi connectivity index (χ0) is 19.6. The molecule has 0 saturated carbocycles. The van der Waals surface area contributed by atoms with Gasteiger partial charge in [0.05, 0.1) is 6.04 Å². The highest BCUT2D eigenvalue weighted by atomic mass is 16.2. The number of amides is 4. The highest BCUT2D eigenvalue weighted by Gasteiger charge is 2.49. The third-order valence-electron chi connectivity index (χ3n) is 6.00. The van der Waals surface area contributed by atoms with E-state index in [-0.39, 0.29) is 24.4 Å². The third-order valence-corrected chi connectivity index (χ3v) is 6.00. The molecule has 1 fully saturated rings. The topological polar surface area (TPSA) is 78.5 Å². The summed E-state index contributed by atoms with van der Waals surface area (Å²) < 4.78 is 0. The Kier molecular flexibility index (Phi) is 5.53. The van der Waals surface area contributed by atoms with Crippen molar-refractivity contribution in [2.45, 2.75) is 70.9 Å². The minimum absolute atomic E-state index is 0.174. The third kappa shape index (κ3) is 3.70. The Bertz CT molecular complexity index is 755. The molecule has 1 aromatic rings. The van der Waals surface area contributed by atoms with Crippen LogP contribution in [0.3, 0.4) is 0 Å². The predicted octanol–water partition coefficient (Wildman–Crippen LogP) is 2.85. The van der Waals surface area contributed by atoms with Crippen LogP contribution >= 0.6 is 0 Å². The lowest BCUT2D eigenvalue weighted by atomic mass is 9.89. The normalized spacial score (nSPS) is 19.4. The number of hydrogen-bond donors (Lipinski definition) is 2. The molecule has 3 rings (SSSR count). The minimum atomic E-state index is -0.874. The first kappa shape index (κ1) is 19.4. The second-order valence-corrected chi connectivity index (χ2v) is 7.64. The van der Waals surface area contributed by atoms with Crippen molar-refractivity contribution in [3.8, 4) is 0 Å². The zero-order valence-corrected chi connectivity index (χ0v) is 16.4. The van der Waals surface area contributed by atoms with E-state index in [0.29, 0.717) is 12.8 Å². The maximum atomic E-state index is 12.6. The molecule has 2 N–H and O–H groups in total. The van der Waals surface area contributed by atoms with E-state index in [1.807, 2.05) is 20.8 Å². The number of fused-ring (bicyclic) bond motifs is 1. The lowest BCUT2D eigenvalue weighted by Crippen LogP contribution is -2.46. The summed E-state index contributed by atoms with van der Waals surface area (Å²) in [5.41, 5.74) is 2.95. The first-order valence-corrected chi connectivity index (χ1v) is 9.95. The molecule has 27 heavy (non-hydrogen) atoms. The monoisotopic (exact) mass is 371 g/mol. The fourth-order valence-corrected chi connectivity index (χ4v) is 4.09. The van der Waals surface area contributed by atoms with Crippen LogP contribution < -0.4 is 10.6 Å². The van der Waals surface area contributed by atoms with Gasteiger partial charge in [0.1, 0.15) is 12.1 Å². The molecule has 0 unspecified atom stereocenters. The van der Waals surface area contributed by atoms with Crippen molar-refractivity contribution in [1.82, 2.24) is 15.5 Å². The lowest BCUT2D eigenvalue weighted by Gasteiger charge is -2.23. The first-order chi connectivity index (χ1) is 12.9. The number of aryl methyl sites for hydroxylation is 2. The molecule has 1 saturated heterocycles. The molecular formula is C21H29N3O3. The second kappa shape index (κ2) is 7.71. The number of carbonyl (C=O) groups is 3. The van der Waals surface area contributed by atoms with Crippen LogP contribution in [0.15, 0.2) is 18.2 Å². The van der Waals surface area contributed by atoms with Crippen LogP contribution in [0.25, 0.3) is 0 Å². The standard InChI is InChI=1S/C21H29N3O3/c1-4-21(5-2)19(26)24(20(27)23-21)13-18(25)22-14(3)16-11-10-15-8-6-7-9-17(15)12-16/h10-12,14H,4-9,13H2,1-3H3,(H,22,25)(H,23,27)/t14-/m1/s1. The average Bonchev–Trinajstić information content (AvgIpc) is 2.92. The van der Waals surface area contributed by atoms with Gasteiger partial charge in [-0.15, -0.1) is 0 Å². The number of hydrogen-bond acceptors (Lipinski definition) is 3. The second-order valence-electron chi connectivity index (χ2n) is 7.64. The smallest absolute Gasteiger partial charge is 0.325 e. The summed E-state index contributed by atoms with van der Waals surface area (Å²) in [5.74, 6) is -0.638. The van der Waals surface area contributed by atoms with Crippen molar-refractivity contribution >= 4 is 17.8 Å². The van der Waals surface area contributed by atoms with Gasteiger partial charge in [0.15, 0.2) is 0 Å². The van der Waals surface area contributed by atoms with Gasteiger partial charge in [-0.2, -0.15) is 0 Å². The van der Waals surface area contributed by atoms with Crippen LogP contribution in [0.1, 0.15) is 69.2 Å². The van der Waals surface area contributed by atoms with Gasteiger partial charge in [-0.25, -0.2) is 4.79 Å². The summed E-state index contributed by atoms with van der Waals surface area (Å²) in [4.78, 5) is 38.3. The number of carbonyl (C=O) groups excluding carboxylic acids is 3. The Balaban J connectivity index is 1.64. The van der Waals surface area contributed by atoms with E-state index in [0.717, 1.165) is 23.3 Å². The molecule has 6 nitrogen and oxygen atoms in total. The molecular weight excluding hydrogens is 342 g/mol. The fraction of sp³-hybridized carbons (Fsp3) is 0.571. The summed E-state index contributed by atoms with van der Waals surface area (Å²) in [7, 11) is 0. The van der Waals surface area contributed by atoms with Crippen LogP contribution in [0.4, 0.5) is 4.79 Å². The molecule has 0 aromatic heterocycles. The molecule has 1 aliphatic carbocycles. The van der Waals surface area contributed by atoms with Gasteiger partial charge in [-0.05, 0) is 62.1 Å². The van der Waals surface area contributed by atoms with E-state index in [2.05, 4.69) is 28.8 Å². The Morgan fingerprint density at radius 2 is 1.85 bits per heavy atom. The predicted molar refractivity (Wildman–Crippen MR) is 103 cm³/mol. The molecule has 4 amide bonds. The zero-order valence-electron chi connectivity index (χ0n) is 16.4. The van der Waals surface area contributed by atoms with Crippen molar-refractivity contribution in [3.05, 3.63) is 34.9 Å². The Hall–Kier alpha value is -2.37. The molecule has 0 bridgehead atoms. The highest BCUT2D eigenvalue weighted by molar-refractivity contribution is 6.09. The number of urea groups is 1. The maximum absolute atomic E-state index is 12.6. The van der Waals surface area contributed by atoms with Gasteiger partial charge < -0.3 is 10.6 Å². The van der Waals surface area contributed by atoms with E-state index in [4.69, 9.17) is 0 Å². The Morgan fingerprint density at radius 1 is 1.19 bits per heavy atom. The average molecular weight is 371 g/mol. The van der Waals surface area contributed by atoms with E-state index in [1.54, 1.807) is 0 Å². The molecule has 1 aliphatic heterocycles. The molecule has 0 spiro atoms. The number of imide groups is 1. The molecule has 6 heteroatoms. The summed E-state index contributed by atoms with van der Waals surface area (Å²) in [5, 5.41) is 5.67. The van der Waals surface area contributed by atoms with Crippen LogP contribution in [0, 0.1) is 0 Å². The molecule has 0 radical (unpaired) electrons. The SMILES string of the molecule is CCC1(CC)NC(=O)N(CC(=O)N[C@H](C)c2ccc3c(c2)CCCC3)C1=O. The summed E-state index contributed by atoms with van der Waals surface area (Å²) in [6.07, 6.45) is 5.68. The molecule has 146 valence electrons. The van der Waals surface area contributed by atoms with Crippen LogP contribution in [0.5, 0.6) is 0 Å². The summed E-state index contributed by atoms with van der Waals surface area (Å²) in [6, 6.07) is 5.72. The highest BCUT2D eigenvalue weighted by Crippen LogP contribution is 2.26. The Labute approximate surface area is 160 Å². The molecule has 1 atom stereocenters. The van der Waals surface area contributed by atoms with Crippen molar-refractivity contribution in [2.75, 3.05) is 6.54 Å². The minimum Gasteiger partial charge on any atom is -0.348 e. The maximum Gasteiger partial charge on any atom is 0.325 e. The van der Waals surface area contributed by atoms with Crippen molar-refractivity contribution < 1.29 is 14.4 Å². The number of nitrogens with zero attached hydrogens (tertiary/aromatic N) is 1. The number of benzene rings is 1. The van der Waals surface area contributed by atoms with E-state index < -0.39 is 11.6 Å². The summed E-state index contributed by atoms with van der Waals surface area (Å²) in [6.45, 7) is 5.41. The van der Waals surface area contributed by atoms with Crippen molar-refractivity contribution in [3.63, 3.8) is 0 Å². The molecule has 1 aromatic carbocycles. The van der Waals surface area contributed by atoms with Gasteiger partial charge in [0.2, 0.25) is 5.91 Å². The molecule has 1 heterocycles. The van der Waals surface area contributed by atoms with Crippen LogP contribution in [-0.2, 0) is 22.4 Å². The van der Waals surface area contributed by atoms with E-state index in [1.165, 1.54) is 24.0 Å². The van der Waals surface area contributed by atoms with Gasteiger partial charge in [-0.1, -0.05) is 32.0 Å². The largest absolute Gasteiger partial charge is 0.348 e. The quantitative estimate of drug-likeness (QED) is 0.755. The first-order valence-electron chi connectivity index (χ1n) is 9.95. The van der Waals surface area contributed by atoms with Crippen LogP contribution in [0.2, 0.25) is 0 Å². The number of rotatable bonds is 6. The van der Waals surface area contributed by atoms with Crippen molar-refractivity contribution in [2.24, 2.45) is 0 Å². The van der Waals surface area contributed by atoms with Crippen molar-refractivity contribution in [1.29, 1.82) is 0 Å². The number of nitrogens with one attached hydrogen (secondary N) is 2. The summed E-state index contributed by atoms with van der Waals surface area (Å²) >= 11 is 0. The van der Waals surface area contributed by atoms with Gasteiger partial charge >= 0.3 is 6.03 Å². The van der Waals surface area contributed by atoms with E-state index >= 15 is 0 Å².